The number of carbonyl (C=O) groups is 1. The average molecular weight is 357 g/mol. The lowest BCUT2D eigenvalue weighted by atomic mass is 9.79. The molecule has 0 radical (unpaired) electrons. The summed E-state index contributed by atoms with van der Waals surface area (Å²) in [5, 5.41) is 0. The van der Waals surface area contributed by atoms with Gasteiger partial charge in [0.1, 0.15) is 5.92 Å². The van der Waals surface area contributed by atoms with Gasteiger partial charge in [-0.05, 0) is 23.6 Å². The predicted octanol–water partition coefficient (Wildman–Crippen LogP) is 4.76. The minimum atomic E-state index is -0.342. The Bertz CT molecular complexity index is 706. The molecule has 2 nitrogen and oxygen atoms in total. The van der Waals surface area contributed by atoms with Crippen molar-refractivity contribution in [1.82, 2.24) is 0 Å². The lowest BCUT2D eigenvalue weighted by Crippen LogP contribution is -2.21. The lowest BCUT2D eigenvalue weighted by Gasteiger charge is -2.28. The van der Waals surface area contributed by atoms with Crippen molar-refractivity contribution in [2.75, 3.05) is 6.61 Å². The van der Waals surface area contributed by atoms with Gasteiger partial charge in [-0.25, -0.2) is 0 Å². The molecule has 0 unspecified atom stereocenters. The first-order valence-corrected chi connectivity index (χ1v) is 8.19. The molecule has 2 aromatic carbocycles. The zero-order chi connectivity index (χ0) is 15.5. The highest BCUT2D eigenvalue weighted by Gasteiger charge is 2.32. The van der Waals surface area contributed by atoms with Crippen molar-refractivity contribution >= 4 is 21.9 Å². The molecule has 0 aromatic heterocycles. The zero-order valence-corrected chi connectivity index (χ0v) is 13.9. The summed E-state index contributed by atoms with van der Waals surface area (Å²) >= 11 is 3.67. The van der Waals surface area contributed by atoms with Crippen molar-refractivity contribution in [3.8, 4) is 0 Å². The number of carbonyl (C=O) groups excluding carboxylic acids is 1. The van der Waals surface area contributed by atoms with Crippen LogP contribution in [-0.2, 0) is 9.53 Å². The van der Waals surface area contributed by atoms with Gasteiger partial charge >= 0.3 is 5.97 Å². The molecular weight excluding hydrogens is 340 g/mol. The molecule has 3 rings (SSSR count). The largest absolute Gasteiger partial charge is 0.465 e. The molecule has 0 fully saturated rings. The first-order chi connectivity index (χ1) is 10.7. The van der Waals surface area contributed by atoms with Gasteiger partial charge in [0.05, 0.1) is 6.61 Å². The van der Waals surface area contributed by atoms with E-state index in [2.05, 4.69) is 34.1 Å². The molecule has 0 spiro atoms. The van der Waals surface area contributed by atoms with E-state index < -0.39 is 0 Å². The normalized spacial score (nSPS) is 20.0. The van der Waals surface area contributed by atoms with Gasteiger partial charge in [0.25, 0.3) is 0 Å². The summed E-state index contributed by atoms with van der Waals surface area (Å²) in [5.74, 6) is -0.410. The third-order valence-electron chi connectivity index (χ3n) is 3.92. The molecule has 0 N–H and O–H groups in total. The quantitative estimate of drug-likeness (QED) is 0.741. The van der Waals surface area contributed by atoms with Crippen LogP contribution in [0.2, 0.25) is 0 Å². The van der Waals surface area contributed by atoms with Crippen LogP contribution in [0, 0.1) is 0 Å². The van der Waals surface area contributed by atoms with Gasteiger partial charge in [0, 0.05) is 10.4 Å². The number of halogens is 1. The van der Waals surface area contributed by atoms with Crippen LogP contribution < -0.4 is 0 Å². The van der Waals surface area contributed by atoms with Crippen molar-refractivity contribution in [3.63, 3.8) is 0 Å². The summed E-state index contributed by atoms with van der Waals surface area (Å²) in [6, 6.07) is 18.4. The molecule has 2 atom stereocenters. The predicted molar refractivity (Wildman–Crippen MR) is 91.1 cm³/mol. The van der Waals surface area contributed by atoms with E-state index in [4.69, 9.17) is 4.74 Å². The fourth-order valence-corrected chi connectivity index (χ4v) is 3.74. The molecule has 22 heavy (non-hydrogen) atoms. The van der Waals surface area contributed by atoms with Crippen molar-refractivity contribution in [2.24, 2.45) is 0 Å². The maximum atomic E-state index is 12.3. The van der Waals surface area contributed by atoms with E-state index in [1.54, 1.807) is 0 Å². The summed E-state index contributed by atoms with van der Waals surface area (Å²) in [6.45, 7) is 2.23. The molecule has 1 aliphatic rings. The fraction of sp³-hybridized carbons (Fsp3) is 0.211. The van der Waals surface area contributed by atoms with Gasteiger partial charge < -0.3 is 4.74 Å². The topological polar surface area (TPSA) is 26.3 Å². The number of hydrogen-bond acceptors (Lipinski definition) is 2. The number of esters is 1. The van der Waals surface area contributed by atoms with E-state index in [0.29, 0.717) is 6.61 Å². The number of ether oxygens (including phenoxy) is 1. The van der Waals surface area contributed by atoms with Crippen LogP contribution in [0.3, 0.4) is 0 Å². The van der Waals surface area contributed by atoms with Crippen LogP contribution in [-0.4, -0.2) is 12.6 Å². The molecule has 3 heteroatoms. The Labute approximate surface area is 138 Å². The standard InChI is InChI=1S/C19H17BrO2/c1-2-22-19(21)16-12-17(20)18(13-8-4-3-5-9-13)15-11-7-6-10-14(15)16/h3-12,16,18H,2H2,1H3/t16-,18-/m0/s1. The van der Waals surface area contributed by atoms with Crippen LogP contribution in [0.5, 0.6) is 0 Å². The van der Waals surface area contributed by atoms with Gasteiger partial charge in [-0.15, -0.1) is 0 Å². The molecule has 1 aliphatic carbocycles. The Morgan fingerprint density at radius 1 is 1.05 bits per heavy atom. The molecule has 2 aromatic rings. The third kappa shape index (κ3) is 2.73. The average Bonchev–Trinajstić information content (AvgIpc) is 2.55. The van der Waals surface area contributed by atoms with Crippen LogP contribution in [0.1, 0.15) is 35.4 Å². The Morgan fingerprint density at radius 3 is 2.36 bits per heavy atom. The molecule has 0 saturated carbocycles. The highest BCUT2D eigenvalue weighted by atomic mass is 79.9. The molecule has 0 heterocycles. The second-order valence-electron chi connectivity index (χ2n) is 5.25. The van der Waals surface area contributed by atoms with Gasteiger partial charge in [0.2, 0.25) is 0 Å². The smallest absolute Gasteiger partial charge is 0.317 e. The van der Waals surface area contributed by atoms with E-state index in [-0.39, 0.29) is 17.8 Å². The van der Waals surface area contributed by atoms with E-state index >= 15 is 0 Å². The summed E-state index contributed by atoms with van der Waals surface area (Å²) in [6.07, 6.45) is 1.97. The van der Waals surface area contributed by atoms with Crippen molar-refractivity contribution in [2.45, 2.75) is 18.8 Å². The van der Waals surface area contributed by atoms with E-state index in [0.717, 1.165) is 15.6 Å². The first kappa shape index (κ1) is 15.0. The summed E-state index contributed by atoms with van der Waals surface area (Å²) in [4.78, 5) is 12.3. The Morgan fingerprint density at radius 2 is 1.68 bits per heavy atom. The number of hydrogen-bond donors (Lipinski definition) is 0. The Kier molecular flexibility index (Phi) is 4.44. The van der Waals surface area contributed by atoms with Gasteiger partial charge in [-0.2, -0.15) is 0 Å². The van der Waals surface area contributed by atoms with Crippen LogP contribution in [0.25, 0.3) is 0 Å². The summed E-state index contributed by atoms with van der Waals surface area (Å²) in [7, 11) is 0. The maximum absolute atomic E-state index is 12.3. The number of fused-ring (bicyclic) bond motifs is 1. The highest BCUT2D eigenvalue weighted by Crippen LogP contribution is 2.44. The molecule has 0 amide bonds. The van der Waals surface area contributed by atoms with E-state index in [9.17, 15) is 4.79 Å². The van der Waals surface area contributed by atoms with Crippen LogP contribution in [0.15, 0.2) is 65.2 Å². The monoisotopic (exact) mass is 356 g/mol. The van der Waals surface area contributed by atoms with E-state index in [1.807, 2.05) is 49.4 Å². The first-order valence-electron chi connectivity index (χ1n) is 7.40. The van der Waals surface area contributed by atoms with Crippen LogP contribution in [0.4, 0.5) is 0 Å². The zero-order valence-electron chi connectivity index (χ0n) is 12.3. The summed E-state index contributed by atoms with van der Waals surface area (Å²) < 4.78 is 6.23. The minimum Gasteiger partial charge on any atom is -0.465 e. The molecule has 0 saturated heterocycles. The lowest BCUT2D eigenvalue weighted by molar-refractivity contribution is -0.143. The minimum absolute atomic E-state index is 0.128. The van der Waals surface area contributed by atoms with Crippen molar-refractivity contribution in [3.05, 3.63) is 81.8 Å². The van der Waals surface area contributed by atoms with Crippen LogP contribution >= 0.6 is 15.9 Å². The number of allylic oxidation sites excluding steroid dienone is 1. The fourth-order valence-electron chi connectivity index (χ4n) is 2.96. The second-order valence-corrected chi connectivity index (χ2v) is 6.17. The van der Waals surface area contributed by atoms with Gasteiger partial charge in [-0.3, -0.25) is 4.79 Å². The van der Waals surface area contributed by atoms with Gasteiger partial charge in [-0.1, -0.05) is 76.6 Å². The Balaban J connectivity index is 2.09. The van der Waals surface area contributed by atoms with Gasteiger partial charge in [0.15, 0.2) is 0 Å². The summed E-state index contributed by atoms with van der Waals surface area (Å²) in [5.41, 5.74) is 3.39. The number of rotatable bonds is 3. The molecular formula is C19H17BrO2. The van der Waals surface area contributed by atoms with Crippen molar-refractivity contribution < 1.29 is 9.53 Å². The maximum Gasteiger partial charge on any atom is 0.317 e. The van der Waals surface area contributed by atoms with Crippen molar-refractivity contribution in [1.29, 1.82) is 0 Å². The Hall–Kier alpha value is -1.87. The third-order valence-corrected chi connectivity index (χ3v) is 4.64. The van der Waals surface area contributed by atoms with E-state index in [1.165, 1.54) is 5.56 Å². The molecule has 0 bridgehead atoms. The SMILES string of the molecule is CCOC(=O)[C@H]1C=C(Br)[C@@H](c2ccccc2)c2ccccc21. The number of benzene rings is 2. The second kappa shape index (κ2) is 6.49. The molecule has 0 aliphatic heterocycles. The highest BCUT2D eigenvalue weighted by molar-refractivity contribution is 9.11. The molecule has 112 valence electrons.